The summed E-state index contributed by atoms with van der Waals surface area (Å²) in [5, 5.41) is 7.24. The number of carbonyl (C=O) groups is 3. The Morgan fingerprint density at radius 3 is 2.38 bits per heavy atom. The summed E-state index contributed by atoms with van der Waals surface area (Å²) in [5.74, 6) is -1.96. The second-order valence-corrected chi connectivity index (χ2v) is 9.21. The maximum Gasteiger partial charge on any atom is 0.386 e. The number of aromatic nitrogens is 4. The number of ether oxygens (including phenoxy) is 2. The predicted molar refractivity (Wildman–Crippen MR) is 147 cm³/mol. The van der Waals surface area contributed by atoms with Crippen LogP contribution in [0.4, 0.5) is 14.9 Å². The molecule has 14 heteroatoms. The molecule has 0 radical (unpaired) electrons. The van der Waals surface area contributed by atoms with Crippen LogP contribution in [-0.4, -0.2) is 63.8 Å². The molecule has 2 amide bonds. The quantitative estimate of drug-likeness (QED) is 0.189. The van der Waals surface area contributed by atoms with Crippen LogP contribution in [-0.2, 0) is 11.3 Å². The molecule has 1 atom stereocenters. The molecule has 0 bridgehead atoms. The molecule has 0 saturated heterocycles. The molecule has 4 rings (SSSR count). The van der Waals surface area contributed by atoms with Gasteiger partial charge in [0, 0.05) is 14.1 Å². The highest BCUT2D eigenvalue weighted by molar-refractivity contribution is 7.21. The Bertz CT molecular complexity index is 1640. The van der Waals surface area contributed by atoms with E-state index in [0.29, 0.717) is 9.36 Å². The molecule has 0 fully saturated rings. The number of hydrogen-bond acceptors (Lipinski definition) is 8. The van der Waals surface area contributed by atoms with E-state index in [1.807, 2.05) is 18.2 Å². The summed E-state index contributed by atoms with van der Waals surface area (Å²) in [6.07, 6.45) is 0. The number of esters is 1. The molecule has 1 aromatic heterocycles. The Balaban J connectivity index is 1.63. The number of nitrogens with zero attached hydrogens (tertiary/aromatic N) is 6. The third-order valence-electron chi connectivity index (χ3n) is 5.76. The molecule has 0 saturated carbocycles. The molecule has 12 nitrogen and oxygen atoms in total. The first kappa shape index (κ1) is 28.1. The van der Waals surface area contributed by atoms with Crippen molar-refractivity contribution in [2.45, 2.75) is 6.61 Å². The maximum absolute atomic E-state index is 14.8. The zero-order valence-electron chi connectivity index (χ0n) is 21.8. The van der Waals surface area contributed by atoms with Crippen LogP contribution in [0.5, 0.6) is 5.75 Å². The fourth-order valence-corrected chi connectivity index (χ4v) is 4.03. The monoisotopic (exact) mass is 567 g/mol. The Hall–Kier alpha value is -4.90. The zero-order chi connectivity index (χ0) is 29.0. The van der Waals surface area contributed by atoms with E-state index < -0.39 is 35.1 Å². The normalized spacial score (nSPS) is 10.7. The van der Waals surface area contributed by atoms with Gasteiger partial charge in [0.15, 0.2) is 0 Å². The lowest BCUT2D eigenvalue weighted by molar-refractivity contribution is 0.0469. The smallest absolute Gasteiger partial charge is 0.386 e. The molecule has 4 aromatic rings. The van der Waals surface area contributed by atoms with E-state index in [1.54, 1.807) is 12.1 Å². The fourth-order valence-electron chi connectivity index (χ4n) is 3.70. The number of rotatable bonds is 7. The number of benzene rings is 3. The average Bonchev–Trinajstić information content (AvgIpc) is 3.35. The van der Waals surface area contributed by atoms with Crippen molar-refractivity contribution in [1.82, 2.24) is 24.7 Å². The van der Waals surface area contributed by atoms with Gasteiger partial charge in [0.2, 0.25) is 0 Å². The predicted octanol–water partition coefficient (Wildman–Crippen LogP) is 2.63. The summed E-state index contributed by atoms with van der Waals surface area (Å²) in [5.41, 5.74) is -0.636. The van der Waals surface area contributed by atoms with Gasteiger partial charge in [-0.15, -0.1) is 4.68 Å². The number of halogens is 1. The van der Waals surface area contributed by atoms with Crippen molar-refractivity contribution in [2.75, 3.05) is 25.9 Å². The van der Waals surface area contributed by atoms with E-state index in [9.17, 15) is 23.6 Å². The van der Waals surface area contributed by atoms with Crippen LogP contribution < -0.4 is 15.1 Å². The molecule has 1 unspecified atom stereocenters. The third-order valence-corrected chi connectivity index (χ3v) is 6.39. The first-order valence-electron chi connectivity index (χ1n) is 11.7. The summed E-state index contributed by atoms with van der Waals surface area (Å²) in [7, 11) is 5.41. The number of hydrogen-bond donors (Lipinski definition) is 0. The number of carbonyl (C=O) groups excluding carboxylic acids is 3. The first-order valence-corrected chi connectivity index (χ1v) is 12.4. The van der Waals surface area contributed by atoms with Crippen molar-refractivity contribution in [3.63, 3.8) is 0 Å². The van der Waals surface area contributed by atoms with Crippen molar-refractivity contribution in [3.8, 4) is 11.4 Å². The van der Waals surface area contributed by atoms with Gasteiger partial charge < -0.3 is 14.4 Å². The van der Waals surface area contributed by atoms with Crippen LogP contribution in [0.2, 0.25) is 0 Å². The number of amides is 2. The Morgan fingerprint density at radius 1 is 0.975 bits per heavy atom. The van der Waals surface area contributed by atoms with Crippen molar-refractivity contribution < 1.29 is 28.2 Å². The summed E-state index contributed by atoms with van der Waals surface area (Å²) in [6, 6.07) is 16.2. The topological polar surface area (TPSA) is 129 Å². The van der Waals surface area contributed by atoms with E-state index >= 15 is 0 Å². The van der Waals surface area contributed by atoms with Gasteiger partial charge in [-0.3, -0.25) is 4.79 Å². The molecule has 0 aliphatic carbocycles. The Kier molecular flexibility index (Phi) is 8.34. The molecule has 0 aliphatic rings. The van der Waals surface area contributed by atoms with Crippen LogP contribution in [0.15, 0.2) is 71.5 Å². The van der Waals surface area contributed by atoms with Gasteiger partial charge in [0.05, 0.1) is 27.8 Å². The minimum Gasteiger partial charge on any atom is -0.496 e. The minimum atomic E-state index is -1.10. The second-order valence-electron chi connectivity index (χ2n) is 8.58. The molecule has 0 N–H and O–H groups in total. The molecule has 40 heavy (non-hydrogen) atoms. The lowest BCUT2D eigenvalue weighted by Gasteiger charge is -2.14. The largest absolute Gasteiger partial charge is 0.496 e. The van der Waals surface area contributed by atoms with Gasteiger partial charge in [-0.25, -0.2) is 18.8 Å². The van der Waals surface area contributed by atoms with Gasteiger partial charge in [0.1, 0.15) is 29.4 Å². The van der Waals surface area contributed by atoms with E-state index in [-0.39, 0.29) is 29.2 Å². The van der Waals surface area contributed by atoms with Crippen LogP contribution >= 0.6 is 9.39 Å². The second kappa shape index (κ2) is 11.9. The van der Waals surface area contributed by atoms with E-state index in [4.69, 9.17) is 9.47 Å². The zero-order valence-corrected chi connectivity index (χ0v) is 23.2. The van der Waals surface area contributed by atoms with E-state index in [2.05, 4.69) is 10.4 Å². The van der Waals surface area contributed by atoms with Crippen molar-refractivity contribution >= 4 is 33.0 Å². The van der Waals surface area contributed by atoms with Gasteiger partial charge in [0.25, 0.3) is 5.91 Å². The molecular weight excluding hydrogens is 542 g/mol. The summed E-state index contributed by atoms with van der Waals surface area (Å²) in [4.78, 5) is 53.0. The molecule has 0 aliphatic heterocycles. The van der Waals surface area contributed by atoms with Crippen LogP contribution in [0.1, 0.15) is 26.3 Å². The molecule has 206 valence electrons. The van der Waals surface area contributed by atoms with Gasteiger partial charge >= 0.3 is 17.7 Å². The standard InChI is InChI=1S/C26H24FN6O6P/c1-30(2)23(34)18-10-7-11-20(27)22(18)31-25(36)32(29-28-31)26(37)33(40)17-12-13-21(38-3)19(14-17)24(35)39-15-16-8-5-4-6-9-16/h4-14H,15,40H2,1-3H3/p+1. The molecular formula is C26H25FN6O6P+. The molecule has 1 heterocycles. The van der Waals surface area contributed by atoms with Crippen LogP contribution in [0, 0.1) is 5.82 Å². The van der Waals surface area contributed by atoms with Gasteiger partial charge in [-0.05, 0) is 46.3 Å². The average molecular weight is 567 g/mol. The van der Waals surface area contributed by atoms with Gasteiger partial charge in [-0.1, -0.05) is 36.4 Å². The van der Waals surface area contributed by atoms with Crippen molar-refractivity contribution in [1.29, 1.82) is 0 Å². The number of para-hydroxylation sites is 1. The van der Waals surface area contributed by atoms with Crippen molar-refractivity contribution in [2.24, 2.45) is 0 Å². The Labute approximate surface area is 229 Å². The summed E-state index contributed by atoms with van der Waals surface area (Å²) < 4.78 is 27.5. The minimum absolute atomic E-state index is 0.0242. The lowest BCUT2D eigenvalue weighted by Crippen LogP contribution is -2.37. The van der Waals surface area contributed by atoms with Crippen LogP contribution in [0.3, 0.4) is 0 Å². The fraction of sp³-hybridized carbons (Fsp3) is 0.154. The van der Waals surface area contributed by atoms with Gasteiger partial charge in [-0.2, -0.15) is 9.35 Å². The van der Waals surface area contributed by atoms with Crippen LogP contribution in [0.25, 0.3) is 5.69 Å². The highest BCUT2D eigenvalue weighted by Gasteiger charge is 2.28. The molecule has 3 aromatic carbocycles. The summed E-state index contributed by atoms with van der Waals surface area (Å²) in [6.45, 7) is 0.0242. The first-order chi connectivity index (χ1) is 19.1. The Morgan fingerprint density at radius 2 is 1.70 bits per heavy atom. The van der Waals surface area contributed by atoms with E-state index in [0.717, 1.165) is 25.7 Å². The number of methoxy groups -OCH3 is 1. The SMILES string of the molecule is COc1ccc(N([PH3+])C(=O)n2nnn(-c3c(F)cccc3C(=O)N(C)C)c2=O)cc1C(=O)OCc1ccccc1. The maximum atomic E-state index is 14.8. The highest BCUT2D eigenvalue weighted by Crippen LogP contribution is 2.28. The molecule has 0 spiro atoms. The number of anilines is 1. The third kappa shape index (κ3) is 5.59. The number of tetrazole rings is 1. The van der Waals surface area contributed by atoms with E-state index in [1.165, 1.54) is 56.4 Å². The lowest BCUT2D eigenvalue weighted by atomic mass is 10.1. The van der Waals surface area contributed by atoms with Crippen molar-refractivity contribution in [3.05, 3.63) is 99.7 Å². The highest BCUT2D eigenvalue weighted by atomic mass is 31.0. The summed E-state index contributed by atoms with van der Waals surface area (Å²) >= 11 is 0.